The van der Waals surface area contributed by atoms with Gasteiger partial charge >= 0.3 is 0 Å². The maximum atomic E-state index is 12.3. The van der Waals surface area contributed by atoms with Gasteiger partial charge in [0, 0.05) is 12.2 Å². The summed E-state index contributed by atoms with van der Waals surface area (Å²) >= 11 is 0. The van der Waals surface area contributed by atoms with E-state index in [9.17, 15) is 4.79 Å². The molecule has 0 spiro atoms. The summed E-state index contributed by atoms with van der Waals surface area (Å²) in [6.45, 7) is 0.926. The first-order chi connectivity index (χ1) is 13.2. The van der Waals surface area contributed by atoms with Crippen LogP contribution < -0.4 is 15.0 Å². The summed E-state index contributed by atoms with van der Waals surface area (Å²) in [7, 11) is 1.62. The average molecular weight is 359 g/mol. The van der Waals surface area contributed by atoms with Crippen LogP contribution in [0.5, 0.6) is 5.75 Å². The number of carbonyl (C=O) groups is 1. The molecule has 5 nitrogen and oxygen atoms in total. The second-order valence-corrected chi connectivity index (χ2v) is 6.51. The Morgan fingerprint density at radius 2 is 1.93 bits per heavy atom. The van der Waals surface area contributed by atoms with Crippen molar-refractivity contribution in [1.29, 1.82) is 0 Å². The van der Waals surface area contributed by atoms with Crippen molar-refractivity contribution in [3.63, 3.8) is 0 Å². The number of aromatic nitrogens is 1. The van der Waals surface area contributed by atoms with E-state index >= 15 is 0 Å². The van der Waals surface area contributed by atoms with Gasteiger partial charge in [0.2, 0.25) is 5.91 Å². The number of nitrogens with one attached hydrogen (secondary N) is 1. The highest BCUT2D eigenvalue weighted by Crippen LogP contribution is 2.33. The highest BCUT2D eigenvalue weighted by Gasteiger charge is 2.20. The molecule has 0 fully saturated rings. The maximum Gasteiger partial charge on any atom is 0.228 e. The normalized spacial score (nSPS) is 12.6. The van der Waals surface area contributed by atoms with Gasteiger partial charge in [0.1, 0.15) is 11.6 Å². The Kier molecular flexibility index (Phi) is 4.75. The summed E-state index contributed by atoms with van der Waals surface area (Å²) in [5, 5.41) is 2.90. The van der Waals surface area contributed by atoms with Crippen LogP contribution in [-0.2, 0) is 17.6 Å². The number of fused-ring (bicyclic) bond motifs is 1. The molecule has 27 heavy (non-hydrogen) atoms. The fourth-order valence-corrected chi connectivity index (χ4v) is 3.33. The first kappa shape index (κ1) is 17.1. The monoisotopic (exact) mass is 359 g/mol. The molecule has 1 N–H and O–H groups in total. The standard InChI is InChI=1S/C22H21N3O2/c1-27-19-9-6-16(7-10-19)14-22(26)24-18-8-11-21(23-15-18)25-13-12-17-4-2-3-5-20(17)25/h2-11,15H,12-14H2,1H3,(H,24,26). The highest BCUT2D eigenvalue weighted by atomic mass is 16.5. The van der Waals surface area contributed by atoms with Crippen LogP contribution in [0, 0.1) is 0 Å². The molecule has 1 aromatic heterocycles. The molecule has 3 aromatic rings. The average Bonchev–Trinajstić information content (AvgIpc) is 3.13. The zero-order chi connectivity index (χ0) is 18.6. The van der Waals surface area contributed by atoms with Crippen molar-refractivity contribution in [3.8, 4) is 5.75 Å². The van der Waals surface area contributed by atoms with Gasteiger partial charge in [0.05, 0.1) is 25.4 Å². The van der Waals surface area contributed by atoms with Gasteiger partial charge in [0.15, 0.2) is 0 Å². The Labute approximate surface area is 158 Å². The summed E-state index contributed by atoms with van der Waals surface area (Å²) < 4.78 is 5.13. The van der Waals surface area contributed by atoms with Gasteiger partial charge in [-0.15, -0.1) is 0 Å². The number of benzene rings is 2. The third-order valence-electron chi connectivity index (χ3n) is 4.72. The van der Waals surface area contributed by atoms with Gasteiger partial charge < -0.3 is 15.0 Å². The number of nitrogens with zero attached hydrogens (tertiary/aromatic N) is 2. The van der Waals surface area contributed by atoms with E-state index in [1.165, 1.54) is 11.3 Å². The summed E-state index contributed by atoms with van der Waals surface area (Å²) in [6, 6.07) is 19.7. The van der Waals surface area contributed by atoms with Crippen molar-refractivity contribution in [2.45, 2.75) is 12.8 Å². The molecule has 0 saturated carbocycles. The predicted molar refractivity (Wildman–Crippen MR) is 107 cm³/mol. The van der Waals surface area contributed by atoms with E-state index in [1.54, 1.807) is 13.3 Å². The third kappa shape index (κ3) is 3.77. The molecule has 1 amide bonds. The largest absolute Gasteiger partial charge is 0.497 e. The van der Waals surface area contributed by atoms with E-state index in [4.69, 9.17) is 4.74 Å². The number of rotatable bonds is 5. The van der Waals surface area contributed by atoms with Crippen molar-refractivity contribution < 1.29 is 9.53 Å². The molecule has 136 valence electrons. The third-order valence-corrected chi connectivity index (χ3v) is 4.72. The number of pyridine rings is 1. The van der Waals surface area contributed by atoms with E-state index in [-0.39, 0.29) is 5.91 Å². The molecule has 0 radical (unpaired) electrons. The number of hydrogen-bond acceptors (Lipinski definition) is 4. The van der Waals surface area contributed by atoms with Gasteiger partial charge in [-0.25, -0.2) is 4.98 Å². The summed E-state index contributed by atoms with van der Waals surface area (Å²) in [4.78, 5) is 19.0. The molecule has 0 unspecified atom stereocenters. The topological polar surface area (TPSA) is 54.5 Å². The molecular weight excluding hydrogens is 338 g/mol. The number of para-hydroxylation sites is 1. The highest BCUT2D eigenvalue weighted by molar-refractivity contribution is 5.92. The smallest absolute Gasteiger partial charge is 0.228 e. The zero-order valence-electron chi connectivity index (χ0n) is 15.2. The zero-order valence-corrected chi connectivity index (χ0v) is 15.2. The predicted octanol–water partition coefficient (Wildman–Crippen LogP) is 3.97. The maximum absolute atomic E-state index is 12.3. The number of ether oxygens (including phenoxy) is 1. The number of methoxy groups -OCH3 is 1. The van der Waals surface area contributed by atoms with Crippen LogP contribution in [0.2, 0.25) is 0 Å². The van der Waals surface area contributed by atoms with E-state index < -0.39 is 0 Å². The van der Waals surface area contributed by atoms with Gasteiger partial charge in [-0.05, 0) is 47.9 Å². The molecule has 0 saturated heterocycles. The van der Waals surface area contributed by atoms with Gasteiger partial charge in [-0.3, -0.25) is 4.79 Å². The summed E-state index contributed by atoms with van der Waals surface area (Å²) in [5.74, 6) is 1.61. The molecular formula is C22H21N3O2. The minimum Gasteiger partial charge on any atom is -0.497 e. The first-order valence-electron chi connectivity index (χ1n) is 8.97. The Hall–Kier alpha value is -3.34. The summed E-state index contributed by atoms with van der Waals surface area (Å²) in [6.07, 6.45) is 3.05. The minimum absolute atomic E-state index is 0.0683. The Morgan fingerprint density at radius 3 is 2.67 bits per heavy atom. The van der Waals surface area contributed by atoms with E-state index in [0.29, 0.717) is 12.1 Å². The fourth-order valence-electron chi connectivity index (χ4n) is 3.33. The van der Waals surface area contributed by atoms with E-state index in [2.05, 4.69) is 33.4 Å². The molecule has 4 rings (SSSR count). The molecule has 1 aliphatic rings. The van der Waals surface area contributed by atoms with Crippen LogP contribution >= 0.6 is 0 Å². The molecule has 1 aliphatic heterocycles. The van der Waals surface area contributed by atoms with Crippen LogP contribution in [0.15, 0.2) is 66.9 Å². The fraction of sp³-hybridized carbons (Fsp3) is 0.182. The molecule has 5 heteroatoms. The van der Waals surface area contributed by atoms with Gasteiger partial charge in [-0.2, -0.15) is 0 Å². The minimum atomic E-state index is -0.0683. The first-order valence-corrected chi connectivity index (χ1v) is 8.97. The number of hydrogen-bond donors (Lipinski definition) is 1. The molecule has 0 bridgehead atoms. The second-order valence-electron chi connectivity index (χ2n) is 6.51. The second kappa shape index (κ2) is 7.50. The lowest BCUT2D eigenvalue weighted by atomic mass is 10.1. The number of anilines is 3. The number of carbonyl (C=O) groups excluding carboxylic acids is 1. The quantitative estimate of drug-likeness (QED) is 0.749. The number of amides is 1. The van der Waals surface area contributed by atoms with Crippen molar-refractivity contribution in [2.75, 3.05) is 23.9 Å². The van der Waals surface area contributed by atoms with E-state index in [1.807, 2.05) is 42.5 Å². The van der Waals surface area contributed by atoms with Crippen LogP contribution in [-0.4, -0.2) is 24.5 Å². The molecule has 2 aromatic carbocycles. The summed E-state index contributed by atoms with van der Waals surface area (Å²) in [5.41, 5.74) is 4.19. The SMILES string of the molecule is COc1ccc(CC(=O)Nc2ccc(N3CCc4ccccc43)nc2)cc1. The van der Waals surface area contributed by atoms with Gasteiger partial charge in [0.25, 0.3) is 0 Å². The van der Waals surface area contributed by atoms with Crippen molar-refractivity contribution in [3.05, 3.63) is 78.0 Å². The molecule has 2 heterocycles. The van der Waals surface area contributed by atoms with Gasteiger partial charge in [-0.1, -0.05) is 30.3 Å². The van der Waals surface area contributed by atoms with Crippen LogP contribution in [0.25, 0.3) is 0 Å². The Bertz CT molecular complexity index is 937. The van der Waals surface area contributed by atoms with Crippen LogP contribution in [0.1, 0.15) is 11.1 Å². The van der Waals surface area contributed by atoms with Crippen molar-refractivity contribution in [1.82, 2.24) is 4.98 Å². The Morgan fingerprint density at radius 1 is 1.11 bits per heavy atom. The lowest BCUT2D eigenvalue weighted by Crippen LogP contribution is -2.16. The van der Waals surface area contributed by atoms with Crippen molar-refractivity contribution in [2.24, 2.45) is 0 Å². The molecule has 0 aliphatic carbocycles. The molecule has 0 atom stereocenters. The lowest BCUT2D eigenvalue weighted by Gasteiger charge is -2.18. The lowest BCUT2D eigenvalue weighted by molar-refractivity contribution is -0.115. The van der Waals surface area contributed by atoms with Crippen molar-refractivity contribution >= 4 is 23.1 Å². The van der Waals surface area contributed by atoms with Crippen LogP contribution in [0.4, 0.5) is 17.2 Å². The Balaban J connectivity index is 1.40. The van der Waals surface area contributed by atoms with Crippen LogP contribution in [0.3, 0.4) is 0 Å². The van der Waals surface area contributed by atoms with E-state index in [0.717, 1.165) is 30.1 Å².